The zero-order valence-corrected chi connectivity index (χ0v) is 16.6. The van der Waals surface area contributed by atoms with Crippen LogP contribution in [0.4, 0.5) is 0 Å². The predicted octanol–water partition coefficient (Wildman–Crippen LogP) is 5.65. The molecule has 0 unspecified atom stereocenters. The maximum Gasteiger partial charge on any atom is 0.335 e. The quantitative estimate of drug-likeness (QED) is 0.695. The average Bonchev–Trinajstić information content (AvgIpc) is 2.68. The second-order valence-corrected chi connectivity index (χ2v) is 7.62. The Balaban J connectivity index is 2.01. The van der Waals surface area contributed by atoms with E-state index in [4.69, 9.17) is 5.11 Å². The Labute approximate surface area is 167 Å². The van der Waals surface area contributed by atoms with E-state index in [0.29, 0.717) is 0 Å². The van der Waals surface area contributed by atoms with E-state index < -0.39 is 5.97 Å². The molecule has 0 bridgehead atoms. The molecule has 2 heteroatoms. The van der Waals surface area contributed by atoms with Gasteiger partial charge in [0.15, 0.2) is 0 Å². The van der Waals surface area contributed by atoms with Gasteiger partial charge in [-0.3, -0.25) is 0 Å². The second kappa shape index (κ2) is 8.20. The molecule has 0 fully saturated rings. The lowest BCUT2D eigenvalue weighted by Gasteiger charge is -2.32. The fourth-order valence-corrected chi connectivity index (χ4v) is 3.42. The van der Waals surface area contributed by atoms with Crippen molar-refractivity contribution in [3.63, 3.8) is 0 Å². The summed E-state index contributed by atoms with van der Waals surface area (Å²) in [7, 11) is 0. The molecule has 1 aliphatic carbocycles. The summed E-state index contributed by atoms with van der Waals surface area (Å²) < 4.78 is 0. The first kappa shape index (κ1) is 19.5. The maximum atomic E-state index is 11.0. The predicted molar refractivity (Wildman–Crippen MR) is 114 cm³/mol. The highest BCUT2D eigenvalue weighted by atomic mass is 16.4. The molecule has 3 rings (SSSR count). The van der Waals surface area contributed by atoms with Crippen LogP contribution in [0.2, 0.25) is 0 Å². The van der Waals surface area contributed by atoms with E-state index in [0.717, 1.165) is 36.0 Å². The molecule has 140 valence electrons. The van der Waals surface area contributed by atoms with Gasteiger partial charge in [0.05, 0.1) is 5.56 Å². The van der Waals surface area contributed by atoms with Gasteiger partial charge in [-0.2, -0.15) is 0 Å². The van der Waals surface area contributed by atoms with Gasteiger partial charge in [0, 0.05) is 23.1 Å². The fourth-order valence-electron chi connectivity index (χ4n) is 3.42. The van der Waals surface area contributed by atoms with Crippen LogP contribution in [0.15, 0.2) is 48.5 Å². The third-order valence-electron chi connectivity index (χ3n) is 4.92. The lowest BCUT2D eigenvalue weighted by Crippen LogP contribution is -2.23. The van der Waals surface area contributed by atoms with Gasteiger partial charge in [0.1, 0.15) is 0 Å². The Kier molecular flexibility index (Phi) is 5.72. The minimum Gasteiger partial charge on any atom is -0.478 e. The van der Waals surface area contributed by atoms with Crippen LogP contribution in [0.3, 0.4) is 0 Å². The van der Waals surface area contributed by atoms with E-state index in [1.165, 1.54) is 11.1 Å². The van der Waals surface area contributed by atoms with Crippen molar-refractivity contribution in [2.45, 2.75) is 45.4 Å². The summed E-state index contributed by atoms with van der Waals surface area (Å²) >= 11 is 0. The van der Waals surface area contributed by atoms with Crippen molar-refractivity contribution in [1.82, 2.24) is 0 Å². The number of fused-ring (bicyclic) bond motifs is 1. The first-order chi connectivity index (χ1) is 13.4. The van der Waals surface area contributed by atoms with E-state index in [2.05, 4.69) is 62.7 Å². The van der Waals surface area contributed by atoms with Crippen LogP contribution in [0.1, 0.15) is 72.6 Å². The highest BCUT2D eigenvalue weighted by molar-refractivity contribution is 5.87. The van der Waals surface area contributed by atoms with Crippen LogP contribution in [0.5, 0.6) is 0 Å². The first-order valence-corrected chi connectivity index (χ1v) is 9.60. The van der Waals surface area contributed by atoms with Gasteiger partial charge in [-0.15, -0.1) is 0 Å². The number of allylic oxidation sites excluding steroid dienone is 2. The van der Waals surface area contributed by atoms with Crippen molar-refractivity contribution in [3.05, 3.63) is 76.4 Å². The number of aromatic carboxylic acids is 1. The van der Waals surface area contributed by atoms with Crippen molar-refractivity contribution < 1.29 is 9.90 Å². The maximum absolute atomic E-state index is 11.0. The molecule has 1 N–H and O–H groups in total. The van der Waals surface area contributed by atoms with Gasteiger partial charge < -0.3 is 5.11 Å². The van der Waals surface area contributed by atoms with Crippen LogP contribution in [0.25, 0.3) is 5.57 Å². The van der Waals surface area contributed by atoms with E-state index in [-0.39, 0.29) is 11.0 Å². The summed E-state index contributed by atoms with van der Waals surface area (Å²) in [6.45, 7) is 6.62. The molecule has 1 aliphatic rings. The van der Waals surface area contributed by atoms with Crippen LogP contribution in [0, 0.1) is 23.7 Å². The van der Waals surface area contributed by atoms with Gasteiger partial charge in [0.25, 0.3) is 0 Å². The Morgan fingerprint density at radius 3 is 2.50 bits per heavy atom. The van der Waals surface area contributed by atoms with Crippen LogP contribution in [-0.4, -0.2) is 11.1 Å². The van der Waals surface area contributed by atoms with E-state index >= 15 is 0 Å². The largest absolute Gasteiger partial charge is 0.478 e. The van der Waals surface area contributed by atoms with Crippen molar-refractivity contribution in [3.8, 4) is 23.7 Å². The lowest BCUT2D eigenvalue weighted by molar-refractivity contribution is 0.0697. The number of unbranched alkanes of at least 4 members (excludes halogenated alkanes) is 1. The summed E-state index contributed by atoms with van der Waals surface area (Å²) in [6.07, 6.45) is 5.14. The zero-order valence-electron chi connectivity index (χ0n) is 16.6. The number of benzene rings is 2. The van der Waals surface area contributed by atoms with Crippen LogP contribution in [-0.2, 0) is 5.41 Å². The number of hydrogen-bond donors (Lipinski definition) is 1. The minimum absolute atomic E-state index is 0.0102. The third-order valence-corrected chi connectivity index (χ3v) is 4.92. The average molecular weight is 368 g/mol. The molecule has 0 spiro atoms. The van der Waals surface area contributed by atoms with Crippen LogP contribution < -0.4 is 0 Å². The van der Waals surface area contributed by atoms with Crippen molar-refractivity contribution >= 4 is 11.5 Å². The third kappa shape index (κ3) is 4.19. The number of carboxylic acids is 1. The molecule has 0 saturated carbocycles. The van der Waals surface area contributed by atoms with Gasteiger partial charge >= 0.3 is 5.97 Å². The highest BCUT2D eigenvalue weighted by Gasteiger charge is 2.29. The monoisotopic (exact) mass is 368 g/mol. The second-order valence-electron chi connectivity index (χ2n) is 7.62. The molecule has 0 aliphatic heterocycles. The molecule has 0 aromatic heterocycles. The van der Waals surface area contributed by atoms with Crippen molar-refractivity contribution in [2.75, 3.05) is 0 Å². The molecule has 2 aromatic carbocycles. The molecular weight excluding hydrogens is 344 g/mol. The molecule has 0 heterocycles. The van der Waals surface area contributed by atoms with Gasteiger partial charge in [0.2, 0.25) is 0 Å². The minimum atomic E-state index is -0.929. The number of carboxylic acid groups (broad SMARTS) is 1. The first-order valence-electron chi connectivity index (χ1n) is 9.60. The number of rotatable bonds is 2. The highest BCUT2D eigenvalue weighted by Crippen LogP contribution is 2.40. The van der Waals surface area contributed by atoms with Crippen molar-refractivity contribution in [1.29, 1.82) is 0 Å². The summed E-state index contributed by atoms with van der Waals surface area (Å²) in [6, 6.07) is 12.9. The summed E-state index contributed by atoms with van der Waals surface area (Å²) in [5, 5.41) is 9.02. The molecule has 2 nitrogen and oxygen atoms in total. The standard InChI is InChI=1S/C26H24O2/c1-4-5-6-8-20-17-18-26(2,3)24-21(9-7-10-23(20)24)14-11-19-12-15-22(16-13-19)25(27)28/h7,9-10,12-13,15-17H,4-5,18H2,1-3H3,(H,27,28). The van der Waals surface area contributed by atoms with Gasteiger partial charge in [-0.05, 0) is 59.7 Å². The van der Waals surface area contributed by atoms with Crippen LogP contribution >= 0.6 is 0 Å². The number of carbonyl (C=O) groups is 1. The van der Waals surface area contributed by atoms with Gasteiger partial charge in [-0.25, -0.2) is 4.79 Å². The molecule has 0 radical (unpaired) electrons. The molecule has 2 aromatic rings. The Hall–Kier alpha value is -3.23. The van der Waals surface area contributed by atoms with E-state index in [1.807, 2.05) is 6.07 Å². The summed E-state index contributed by atoms with van der Waals surface area (Å²) in [5.41, 5.74) is 5.58. The van der Waals surface area contributed by atoms with Crippen molar-refractivity contribution in [2.24, 2.45) is 0 Å². The lowest BCUT2D eigenvalue weighted by atomic mass is 9.71. The SMILES string of the molecule is CCCC#CC1=CCC(C)(C)c2c(C#Cc3ccc(C(=O)O)cc3)cccc21. The fraction of sp³-hybridized carbons (Fsp3) is 0.269. The molecule has 0 amide bonds. The Morgan fingerprint density at radius 1 is 1.07 bits per heavy atom. The number of hydrogen-bond acceptors (Lipinski definition) is 1. The topological polar surface area (TPSA) is 37.3 Å². The molecule has 0 saturated heterocycles. The Morgan fingerprint density at radius 2 is 1.82 bits per heavy atom. The summed E-state index contributed by atoms with van der Waals surface area (Å²) in [5.74, 6) is 12.2. The molecule has 0 atom stereocenters. The van der Waals surface area contributed by atoms with E-state index in [9.17, 15) is 4.79 Å². The molecular formula is C26H24O2. The molecule has 28 heavy (non-hydrogen) atoms. The van der Waals surface area contributed by atoms with Gasteiger partial charge in [-0.1, -0.05) is 62.7 Å². The smallest absolute Gasteiger partial charge is 0.335 e. The zero-order chi connectivity index (χ0) is 20.1. The summed E-state index contributed by atoms with van der Waals surface area (Å²) in [4.78, 5) is 11.0. The van der Waals surface area contributed by atoms with E-state index in [1.54, 1.807) is 24.3 Å². The Bertz CT molecular complexity index is 1050. The normalized spacial score (nSPS) is 13.9.